The Balaban J connectivity index is 1.24. The van der Waals surface area contributed by atoms with E-state index in [1.165, 1.54) is 12.0 Å². The molecule has 1 saturated carbocycles. The van der Waals surface area contributed by atoms with Crippen molar-refractivity contribution in [2.24, 2.45) is 11.8 Å². The number of nitrogens with zero attached hydrogens (tertiary/aromatic N) is 1. The van der Waals surface area contributed by atoms with Crippen LogP contribution in [0.3, 0.4) is 0 Å². The Morgan fingerprint density at radius 1 is 1.00 bits per heavy atom. The minimum absolute atomic E-state index is 0.161. The second-order valence-electron chi connectivity index (χ2n) is 8.89. The fourth-order valence-corrected chi connectivity index (χ4v) is 5.70. The molecule has 1 amide bonds. The van der Waals surface area contributed by atoms with Gasteiger partial charge in [-0.1, -0.05) is 30.3 Å². The third-order valence-electron chi connectivity index (χ3n) is 7.24. The van der Waals surface area contributed by atoms with Crippen molar-refractivity contribution in [1.29, 1.82) is 0 Å². The number of carbonyl (C=O) groups is 1. The smallest absolute Gasteiger partial charge is 0.225 e. The summed E-state index contributed by atoms with van der Waals surface area (Å²) < 4.78 is 0. The molecule has 1 aromatic rings. The van der Waals surface area contributed by atoms with Crippen LogP contribution in [0.4, 0.5) is 0 Å². The fraction of sp³-hybridized carbons (Fsp3) is 0.667. The number of carbonyl (C=O) groups excluding carboxylic acids is 1. The van der Waals surface area contributed by atoms with Crippen molar-refractivity contribution < 1.29 is 4.79 Å². The third kappa shape index (κ3) is 3.57. The minimum Gasteiger partial charge on any atom is -0.342 e. The van der Waals surface area contributed by atoms with Gasteiger partial charge >= 0.3 is 0 Å². The van der Waals surface area contributed by atoms with E-state index in [1.807, 2.05) is 0 Å². The van der Waals surface area contributed by atoms with Gasteiger partial charge in [0.2, 0.25) is 5.91 Å². The number of benzene rings is 1. The zero-order valence-electron chi connectivity index (χ0n) is 16.4. The number of hydrogen-bond donors (Lipinski definition) is 5. The summed E-state index contributed by atoms with van der Waals surface area (Å²) in [6.07, 6.45) is 5.28. The number of piperidine rings is 1. The van der Waals surface area contributed by atoms with Gasteiger partial charge in [-0.15, -0.1) is 0 Å². The summed E-state index contributed by atoms with van der Waals surface area (Å²) in [7, 11) is 0. The molecular formula is C21H32N6O. The molecule has 5 N–H and O–H groups in total. The molecule has 7 nitrogen and oxygen atoms in total. The Kier molecular flexibility index (Phi) is 5.34. The first-order chi connectivity index (χ1) is 13.8. The van der Waals surface area contributed by atoms with E-state index < -0.39 is 0 Å². The van der Waals surface area contributed by atoms with Crippen molar-refractivity contribution in [3.63, 3.8) is 0 Å². The highest BCUT2D eigenvalue weighted by Gasteiger charge is 2.41. The van der Waals surface area contributed by atoms with Crippen LogP contribution in [0.2, 0.25) is 0 Å². The highest BCUT2D eigenvalue weighted by molar-refractivity contribution is 5.79. The van der Waals surface area contributed by atoms with Crippen LogP contribution >= 0.6 is 0 Å². The first kappa shape index (κ1) is 18.5. The van der Waals surface area contributed by atoms with Crippen molar-refractivity contribution in [2.45, 2.75) is 56.1 Å². The van der Waals surface area contributed by atoms with Gasteiger partial charge in [0.15, 0.2) is 0 Å². The van der Waals surface area contributed by atoms with Gasteiger partial charge in [0, 0.05) is 49.6 Å². The normalized spacial score (nSPS) is 38.4. The second kappa shape index (κ2) is 8.08. The number of rotatable bonds is 3. The monoisotopic (exact) mass is 384 g/mol. The quantitative estimate of drug-likeness (QED) is 0.526. The van der Waals surface area contributed by atoms with Gasteiger partial charge < -0.3 is 4.90 Å². The van der Waals surface area contributed by atoms with E-state index >= 15 is 0 Å². The summed E-state index contributed by atoms with van der Waals surface area (Å²) in [4.78, 5) is 15.4. The molecule has 1 aromatic carbocycles. The second-order valence-corrected chi connectivity index (χ2v) is 8.89. The topological polar surface area (TPSA) is 80.5 Å². The number of hydrazine groups is 3. The van der Waals surface area contributed by atoms with Gasteiger partial charge in [-0.05, 0) is 43.6 Å². The molecule has 0 aromatic heterocycles. The Hall–Kier alpha value is -1.51. The van der Waals surface area contributed by atoms with Crippen LogP contribution in [0.1, 0.15) is 43.6 Å². The molecule has 4 aliphatic rings. The third-order valence-corrected chi connectivity index (χ3v) is 7.24. The van der Waals surface area contributed by atoms with Crippen LogP contribution in [-0.4, -0.2) is 48.6 Å². The van der Waals surface area contributed by atoms with E-state index in [1.54, 1.807) is 0 Å². The highest BCUT2D eigenvalue weighted by atomic mass is 16.2. The molecule has 5 rings (SSSR count). The molecule has 0 radical (unpaired) electrons. The maximum Gasteiger partial charge on any atom is 0.225 e. The van der Waals surface area contributed by atoms with Gasteiger partial charge in [0.05, 0.1) is 0 Å². The van der Waals surface area contributed by atoms with Crippen LogP contribution in [0.25, 0.3) is 0 Å². The number of nitrogens with one attached hydrogen (secondary N) is 5. The van der Waals surface area contributed by atoms with Crippen LogP contribution in [-0.2, 0) is 4.79 Å². The Labute approximate surface area is 166 Å². The molecule has 1 aliphatic carbocycles. The molecule has 7 heteroatoms. The summed E-state index contributed by atoms with van der Waals surface area (Å²) in [5.41, 5.74) is 17.9. The van der Waals surface area contributed by atoms with E-state index in [0.29, 0.717) is 35.9 Å². The van der Waals surface area contributed by atoms with Gasteiger partial charge in [-0.2, -0.15) is 5.53 Å². The minimum atomic E-state index is 0.161. The molecule has 152 valence electrons. The average Bonchev–Trinajstić information content (AvgIpc) is 3.43. The summed E-state index contributed by atoms with van der Waals surface area (Å²) >= 11 is 0. The number of amides is 1. The highest BCUT2D eigenvalue weighted by Crippen LogP contribution is 2.33. The molecule has 4 fully saturated rings. The van der Waals surface area contributed by atoms with E-state index in [0.717, 1.165) is 45.3 Å². The Morgan fingerprint density at radius 3 is 2.75 bits per heavy atom. The summed E-state index contributed by atoms with van der Waals surface area (Å²) in [5, 5.41) is 0. The fourth-order valence-electron chi connectivity index (χ4n) is 5.70. The van der Waals surface area contributed by atoms with E-state index in [4.69, 9.17) is 0 Å². The molecular weight excluding hydrogens is 352 g/mol. The molecule has 6 unspecified atom stereocenters. The lowest BCUT2D eigenvalue weighted by atomic mass is 9.79. The van der Waals surface area contributed by atoms with Crippen LogP contribution < -0.4 is 27.2 Å². The maximum atomic E-state index is 13.3. The van der Waals surface area contributed by atoms with E-state index in [-0.39, 0.29) is 5.92 Å². The molecule has 0 spiro atoms. The first-order valence-corrected chi connectivity index (χ1v) is 10.9. The van der Waals surface area contributed by atoms with Crippen molar-refractivity contribution in [1.82, 2.24) is 32.1 Å². The Morgan fingerprint density at radius 2 is 1.86 bits per heavy atom. The largest absolute Gasteiger partial charge is 0.342 e. The first-order valence-electron chi connectivity index (χ1n) is 10.9. The predicted octanol–water partition coefficient (Wildman–Crippen LogP) is 0.635. The van der Waals surface area contributed by atoms with Crippen molar-refractivity contribution in [3.05, 3.63) is 35.9 Å². The SMILES string of the molecule is O=C(C1CCC2NNNC2C1)N1CCCC(C2NNCC2c2ccccc2)C1. The lowest BCUT2D eigenvalue weighted by Gasteiger charge is -2.40. The van der Waals surface area contributed by atoms with Crippen LogP contribution in [0.15, 0.2) is 30.3 Å². The number of fused-ring (bicyclic) bond motifs is 1. The summed E-state index contributed by atoms with van der Waals surface area (Å²) in [6, 6.07) is 12.0. The number of likely N-dealkylation sites (tertiary alicyclic amines) is 1. The Bertz CT molecular complexity index is 685. The molecule has 0 bridgehead atoms. The van der Waals surface area contributed by atoms with Gasteiger partial charge in [-0.25, -0.2) is 10.9 Å². The predicted molar refractivity (Wildman–Crippen MR) is 108 cm³/mol. The standard InChI is InChI=1S/C21H32N6O/c28-21(15-8-9-18-19(11-15)24-26-23-18)27-10-4-7-16(13-27)20-17(12-22-25-20)14-5-2-1-3-6-14/h1-3,5-6,15-20,22-26H,4,7-13H2. The van der Waals surface area contributed by atoms with Gasteiger partial charge in [0.1, 0.15) is 0 Å². The van der Waals surface area contributed by atoms with E-state index in [2.05, 4.69) is 62.5 Å². The molecule has 3 aliphatic heterocycles. The zero-order chi connectivity index (χ0) is 18.9. The van der Waals surface area contributed by atoms with Crippen molar-refractivity contribution in [3.8, 4) is 0 Å². The zero-order valence-corrected chi connectivity index (χ0v) is 16.4. The van der Waals surface area contributed by atoms with Gasteiger partial charge in [0.25, 0.3) is 0 Å². The van der Waals surface area contributed by atoms with Gasteiger partial charge in [-0.3, -0.25) is 15.6 Å². The summed E-state index contributed by atoms with van der Waals surface area (Å²) in [6.45, 7) is 2.76. The maximum absolute atomic E-state index is 13.3. The van der Waals surface area contributed by atoms with Crippen molar-refractivity contribution >= 4 is 5.91 Å². The lowest BCUT2D eigenvalue weighted by molar-refractivity contribution is -0.139. The average molecular weight is 385 g/mol. The lowest BCUT2D eigenvalue weighted by Crippen LogP contribution is -2.51. The van der Waals surface area contributed by atoms with Crippen LogP contribution in [0, 0.1) is 11.8 Å². The molecule has 28 heavy (non-hydrogen) atoms. The molecule has 3 saturated heterocycles. The van der Waals surface area contributed by atoms with E-state index in [9.17, 15) is 4.79 Å². The molecule has 6 atom stereocenters. The van der Waals surface area contributed by atoms with Crippen molar-refractivity contribution in [2.75, 3.05) is 19.6 Å². The molecule has 3 heterocycles. The van der Waals surface area contributed by atoms with Crippen LogP contribution in [0.5, 0.6) is 0 Å². The number of hydrogen-bond acceptors (Lipinski definition) is 6. The summed E-state index contributed by atoms with van der Waals surface area (Å²) in [5.74, 6) is 1.51.